The van der Waals surface area contributed by atoms with Crippen LogP contribution in [0.2, 0.25) is 0 Å². The minimum absolute atomic E-state index is 0.131. The van der Waals surface area contributed by atoms with Gasteiger partial charge in [0.05, 0.1) is 11.5 Å². The minimum atomic E-state index is -0.470. The summed E-state index contributed by atoms with van der Waals surface area (Å²) < 4.78 is 5.34. The molecule has 0 aromatic rings. The average molecular weight is 238 g/mol. The molecule has 1 aliphatic heterocycles. The van der Waals surface area contributed by atoms with Gasteiger partial charge < -0.3 is 16.2 Å². The van der Waals surface area contributed by atoms with E-state index in [1.807, 2.05) is 6.92 Å². The zero-order chi connectivity index (χ0) is 12.3. The predicted octanol–water partition coefficient (Wildman–Crippen LogP) is 0.927. The van der Waals surface area contributed by atoms with E-state index >= 15 is 0 Å². The van der Waals surface area contributed by atoms with Gasteiger partial charge in [0, 0.05) is 5.54 Å². The van der Waals surface area contributed by atoms with E-state index < -0.39 is 5.54 Å². The predicted molar refractivity (Wildman–Crippen MR) is 64.1 cm³/mol. The molecule has 4 nitrogen and oxygen atoms in total. The molecule has 96 valence electrons. The fourth-order valence-corrected chi connectivity index (χ4v) is 4.17. The molecule has 0 bridgehead atoms. The summed E-state index contributed by atoms with van der Waals surface area (Å²) in [6.45, 7) is 1.92. The van der Waals surface area contributed by atoms with E-state index in [0.717, 1.165) is 25.7 Å². The van der Waals surface area contributed by atoms with Crippen molar-refractivity contribution in [3.63, 3.8) is 0 Å². The van der Waals surface area contributed by atoms with Gasteiger partial charge in [-0.1, -0.05) is 12.8 Å². The molecule has 5 unspecified atom stereocenters. The van der Waals surface area contributed by atoms with Crippen LogP contribution in [0.5, 0.6) is 0 Å². The maximum absolute atomic E-state index is 11.9. The van der Waals surface area contributed by atoms with Gasteiger partial charge in [0.1, 0.15) is 6.10 Å². The van der Waals surface area contributed by atoms with Crippen molar-refractivity contribution in [1.29, 1.82) is 0 Å². The summed E-state index contributed by atoms with van der Waals surface area (Å²) in [4.78, 5) is 11.9. The molecule has 3 aliphatic rings. The molecule has 3 fully saturated rings. The molecule has 4 heteroatoms. The van der Waals surface area contributed by atoms with Gasteiger partial charge in [-0.2, -0.15) is 0 Å². The van der Waals surface area contributed by atoms with E-state index in [9.17, 15) is 4.79 Å². The van der Waals surface area contributed by atoms with E-state index in [1.54, 1.807) is 0 Å². The van der Waals surface area contributed by atoms with Gasteiger partial charge in [0.15, 0.2) is 0 Å². The normalized spacial score (nSPS) is 53.8. The first-order valence-corrected chi connectivity index (χ1v) is 6.74. The third-order valence-corrected chi connectivity index (χ3v) is 5.43. The molecule has 4 N–H and O–H groups in total. The number of carbonyl (C=O) groups excluding carboxylic acids is 1. The molecular weight excluding hydrogens is 216 g/mol. The maximum atomic E-state index is 11.9. The number of hydrogen-bond donors (Lipinski definition) is 2. The van der Waals surface area contributed by atoms with Gasteiger partial charge >= 0.3 is 5.97 Å². The van der Waals surface area contributed by atoms with Crippen LogP contribution in [0.1, 0.15) is 45.4 Å². The van der Waals surface area contributed by atoms with Gasteiger partial charge in [-0.3, -0.25) is 4.79 Å². The Hall–Kier alpha value is -0.610. The second kappa shape index (κ2) is 3.45. The third kappa shape index (κ3) is 1.47. The van der Waals surface area contributed by atoms with Crippen LogP contribution < -0.4 is 11.5 Å². The quantitative estimate of drug-likeness (QED) is 0.615. The highest BCUT2D eigenvalue weighted by Crippen LogP contribution is 2.51. The van der Waals surface area contributed by atoms with Crippen molar-refractivity contribution >= 4 is 5.97 Å². The Morgan fingerprint density at radius 1 is 1.29 bits per heavy atom. The Bertz CT molecular complexity index is 359. The van der Waals surface area contributed by atoms with Gasteiger partial charge in [0.2, 0.25) is 0 Å². The summed E-state index contributed by atoms with van der Waals surface area (Å²) in [5.74, 6) is 0.153. The molecule has 0 spiro atoms. The second-order valence-corrected chi connectivity index (χ2v) is 6.33. The van der Waals surface area contributed by atoms with E-state index in [1.165, 1.54) is 12.8 Å². The van der Waals surface area contributed by atoms with Gasteiger partial charge in [-0.15, -0.1) is 0 Å². The first-order chi connectivity index (χ1) is 7.96. The average Bonchev–Trinajstić information content (AvgIpc) is 2.48. The number of rotatable bonds is 0. The summed E-state index contributed by atoms with van der Waals surface area (Å²) in [6.07, 6.45) is 6.02. The largest absolute Gasteiger partial charge is 0.460 e. The van der Waals surface area contributed by atoms with Crippen molar-refractivity contribution in [2.75, 3.05) is 0 Å². The number of ether oxygens (including phenoxy) is 1. The van der Waals surface area contributed by atoms with Crippen LogP contribution in [0.15, 0.2) is 0 Å². The zero-order valence-electron chi connectivity index (χ0n) is 10.4. The van der Waals surface area contributed by atoms with Crippen molar-refractivity contribution in [2.45, 2.75) is 62.6 Å². The van der Waals surface area contributed by atoms with Crippen molar-refractivity contribution in [2.24, 2.45) is 23.3 Å². The molecule has 0 amide bonds. The van der Waals surface area contributed by atoms with Crippen LogP contribution >= 0.6 is 0 Å². The Balaban J connectivity index is 1.93. The monoisotopic (exact) mass is 238 g/mol. The first-order valence-electron chi connectivity index (χ1n) is 6.74. The van der Waals surface area contributed by atoms with E-state index in [0.29, 0.717) is 5.92 Å². The number of carbonyl (C=O) groups is 1. The van der Waals surface area contributed by atoms with Gasteiger partial charge in [-0.05, 0) is 38.5 Å². The highest BCUT2D eigenvalue weighted by atomic mass is 16.6. The lowest BCUT2D eigenvalue weighted by Crippen LogP contribution is -2.65. The van der Waals surface area contributed by atoms with Crippen molar-refractivity contribution < 1.29 is 9.53 Å². The fraction of sp³-hybridized carbons (Fsp3) is 0.923. The lowest BCUT2D eigenvalue weighted by Gasteiger charge is -2.52. The SMILES string of the molecule is CC1OC(=O)C2CC3(N)CCCCC3CC12N. The van der Waals surface area contributed by atoms with Crippen molar-refractivity contribution in [3.8, 4) is 0 Å². The Morgan fingerprint density at radius 3 is 2.82 bits per heavy atom. The molecule has 17 heavy (non-hydrogen) atoms. The fourth-order valence-electron chi connectivity index (χ4n) is 4.17. The van der Waals surface area contributed by atoms with Gasteiger partial charge in [0.25, 0.3) is 0 Å². The molecule has 1 saturated heterocycles. The Kier molecular flexibility index (Phi) is 2.33. The van der Waals surface area contributed by atoms with E-state index in [-0.39, 0.29) is 23.5 Å². The number of cyclic esters (lactones) is 1. The van der Waals surface area contributed by atoms with Crippen LogP contribution in [0, 0.1) is 11.8 Å². The molecule has 2 aliphatic carbocycles. The smallest absolute Gasteiger partial charge is 0.311 e. The summed E-state index contributed by atoms with van der Waals surface area (Å²) in [5, 5.41) is 0. The molecule has 3 rings (SSSR count). The van der Waals surface area contributed by atoms with Crippen LogP contribution in [-0.4, -0.2) is 23.2 Å². The number of esters is 1. The standard InChI is InChI=1S/C13H22N2O2/c1-8-13(15)6-9-4-2-3-5-12(9,14)7-10(13)11(16)17-8/h8-10H,2-7,14-15H2,1H3. The van der Waals surface area contributed by atoms with Crippen molar-refractivity contribution in [1.82, 2.24) is 0 Å². The minimum Gasteiger partial charge on any atom is -0.460 e. The topological polar surface area (TPSA) is 78.3 Å². The van der Waals surface area contributed by atoms with E-state index in [4.69, 9.17) is 16.2 Å². The maximum Gasteiger partial charge on any atom is 0.311 e. The van der Waals surface area contributed by atoms with Crippen LogP contribution in [0.25, 0.3) is 0 Å². The second-order valence-electron chi connectivity index (χ2n) is 6.33. The summed E-state index contributed by atoms with van der Waals surface area (Å²) in [5.41, 5.74) is 12.3. The molecule has 0 aromatic heterocycles. The first kappa shape index (κ1) is 11.5. The molecule has 2 saturated carbocycles. The molecule has 5 atom stereocenters. The summed E-state index contributed by atoms with van der Waals surface area (Å²) >= 11 is 0. The number of hydrogen-bond acceptors (Lipinski definition) is 4. The summed E-state index contributed by atoms with van der Waals surface area (Å²) in [7, 11) is 0. The van der Waals surface area contributed by atoms with Crippen LogP contribution in [-0.2, 0) is 9.53 Å². The van der Waals surface area contributed by atoms with E-state index in [2.05, 4.69) is 0 Å². The molecular formula is C13H22N2O2. The lowest BCUT2D eigenvalue weighted by atomic mass is 9.56. The number of nitrogens with two attached hydrogens (primary N) is 2. The highest BCUT2D eigenvalue weighted by molar-refractivity contribution is 5.77. The molecule has 0 aromatic carbocycles. The van der Waals surface area contributed by atoms with Crippen molar-refractivity contribution in [3.05, 3.63) is 0 Å². The lowest BCUT2D eigenvalue weighted by molar-refractivity contribution is -0.144. The Labute approximate surface area is 102 Å². The van der Waals surface area contributed by atoms with Crippen LogP contribution in [0.3, 0.4) is 0 Å². The molecule has 0 radical (unpaired) electrons. The zero-order valence-corrected chi connectivity index (χ0v) is 10.4. The summed E-state index contributed by atoms with van der Waals surface area (Å²) in [6, 6.07) is 0. The Morgan fingerprint density at radius 2 is 2.06 bits per heavy atom. The van der Waals surface area contributed by atoms with Crippen LogP contribution in [0.4, 0.5) is 0 Å². The van der Waals surface area contributed by atoms with Gasteiger partial charge in [-0.25, -0.2) is 0 Å². The highest BCUT2D eigenvalue weighted by Gasteiger charge is 2.61. The molecule has 1 heterocycles. The number of fused-ring (bicyclic) bond motifs is 2. The third-order valence-electron chi connectivity index (χ3n) is 5.43.